The molecule has 0 atom stereocenters. The minimum absolute atomic E-state index is 0.0416. The van der Waals surface area contributed by atoms with E-state index in [1.165, 1.54) is 35.2 Å². The Morgan fingerprint density at radius 1 is 1.10 bits per heavy atom. The average Bonchev–Trinajstić information content (AvgIpc) is 3.22. The average molecular weight is 441 g/mol. The third-order valence-corrected chi connectivity index (χ3v) is 6.40. The van der Waals surface area contributed by atoms with Gasteiger partial charge in [0.1, 0.15) is 11.5 Å². The Hall–Kier alpha value is -3.30. The van der Waals surface area contributed by atoms with Gasteiger partial charge in [-0.15, -0.1) is 11.3 Å². The first-order valence-corrected chi connectivity index (χ1v) is 10.6. The quantitative estimate of drug-likeness (QED) is 0.368. The lowest BCUT2D eigenvalue weighted by Gasteiger charge is -2.34. The van der Waals surface area contributed by atoms with Crippen LogP contribution in [0.1, 0.15) is 15.2 Å². The molecule has 0 saturated carbocycles. The van der Waals surface area contributed by atoms with Crippen LogP contribution in [-0.4, -0.2) is 46.8 Å². The highest BCUT2D eigenvalue weighted by molar-refractivity contribution is 7.15. The molecule has 4 rings (SSSR count). The SMILES string of the molecule is Nc1ccc(C(=O)N2CCN(Cc3ccc(-c4cccc(F)c4)s3)CC2)cc1[N+](=O)[O-]. The van der Waals surface area contributed by atoms with Crippen molar-refractivity contribution >= 4 is 28.6 Å². The summed E-state index contributed by atoms with van der Waals surface area (Å²) < 4.78 is 13.5. The summed E-state index contributed by atoms with van der Waals surface area (Å²) >= 11 is 1.63. The minimum atomic E-state index is -0.580. The van der Waals surface area contributed by atoms with Gasteiger partial charge in [-0.2, -0.15) is 0 Å². The standard InChI is InChI=1S/C22H21FN4O3S/c23-17-3-1-2-15(12-17)21-7-5-18(31-21)14-25-8-10-26(11-9-25)22(28)16-4-6-19(24)20(13-16)27(29)30/h1-7,12-13H,8-11,14,24H2. The summed E-state index contributed by atoms with van der Waals surface area (Å²) in [7, 11) is 0. The van der Waals surface area contributed by atoms with Crippen LogP contribution in [-0.2, 0) is 6.54 Å². The number of nitrogens with zero attached hydrogens (tertiary/aromatic N) is 3. The van der Waals surface area contributed by atoms with Crippen molar-refractivity contribution in [3.63, 3.8) is 0 Å². The van der Waals surface area contributed by atoms with E-state index in [9.17, 15) is 19.3 Å². The van der Waals surface area contributed by atoms with Crippen molar-refractivity contribution in [3.05, 3.63) is 81.0 Å². The van der Waals surface area contributed by atoms with Gasteiger partial charge in [-0.05, 0) is 42.0 Å². The number of hydrogen-bond acceptors (Lipinski definition) is 6. The number of nitrogens with two attached hydrogens (primary N) is 1. The molecule has 3 aromatic rings. The molecule has 2 N–H and O–H groups in total. The molecule has 0 spiro atoms. The van der Waals surface area contributed by atoms with E-state index >= 15 is 0 Å². The van der Waals surface area contributed by atoms with Crippen LogP contribution < -0.4 is 5.73 Å². The molecular formula is C22H21FN4O3S. The highest BCUT2D eigenvalue weighted by Gasteiger charge is 2.24. The molecule has 31 heavy (non-hydrogen) atoms. The van der Waals surface area contributed by atoms with Crippen LogP contribution in [0.4, 0.5) is 15.8 Å². The first-order valence-electron chi connectivity index (χ1n) is 9.81. The van der Waals surface area contributed by atoms with Gasteiger partial charge >= 0.3 is 0 Å². The summed E-state index contributed by atoms with van der Waals surface area (Å²) in [5.41, 5.74) is 6.54. The second kappa shape index (κ2) is 8.83. The number of nitro groups is 1. The Labute approximate surface area is 182 Å². The van der Waals surface area contributed by atoms with Gasteiger partial charge in [0.15, 0.2) is 0 Å². The maximum Gasteiger partial charge on any atom is 0.292 e. The molecule has 160 valence electrons. The van der Waals surface area contributed by atoms with Crippen LogP contribution in [0.15, 0.2) is 54.6 Å². The zero-order valence-electron chi connectivity index (χ0n) is 16.7. The van der Waals surface area contributed by atoms with Gasteiger partial charge in [-0.25, -0.2) is 4.39 Å². The number of benzene rings is 2. The number of piperazine rings is 1. The number of halogens is 1. The molecule has 0 aliphatic carbocycles. The van der Waals surface area contributed by atoms with Gasteiger partial charge in [0.25, 0.3) is 11.6 Å². The predicted molar refractivity (Wildman–Crippen MR) is 118 cm³/mol. The predicted octanol–water partition coefficient (Wildman–Crippen LogP) is 4.00. The monoisotopic (exact) mass is 440 g/mol. The van der Waals surface area contributed by atoms with Crippen LogP contribution in [0.25, 0.3) is 10.4 Å². The van der Waals surface area contributed by atoms with E-state index < -0.39 is 4.92 Å². The fourth-order valence-electron chi connectivity index (χ4n) is 3.61. The molecule has 1 amide bonds. The van der Waals surface area contributed by atoms with Gasteiger partial charge in [-0.3, -0.25) is 19.8 Å². The van der Waals surface area contributed by atoms with Crippen molar-refractivity contribution in [2.75, 3.05) is 31.9 Å². The third kappa shape index (κ3) is 4.73. The lowest BCUT2D eigenvalue weighted by atomic mass is 10.1. The number of nitro benzene ring substituents is 1. The zero-order valence-corrected chi connectivity index (χ0v) is 17.5. The van der Waals surface area contributed by atoms with E-state index in [4.69, 9.17) is 5.73 Å². The van der Waals surface area contributed by atoms with Crippen molar-refractivity contribution in [2.45, 2.75) is 6.54 Å². The summed E-state index contributed by atoms with van der Waals surface area (Å²) in [5.74, 6) is -0.480. The second-order valence-corrected chi connectivity index (χ2v) is 8.54. The lowest BCUT2D eigenvalue weighted by Crippen LogP contribution is -2.48. The maximum absolute atomic E-state index is 13.5. The molecular weight excluding hydrogens is 419 g/mol. The van der Waals surface area contributed by atoms with Gasteiger partial charge in [0.05, 0.1) is 4.92 Å². The number of rotatable bonds is 5. The van der Waals surface area contributed by atoms with E-state index in [2.05, 4.69) is 11.0 Å². The Morgan fingerprint density at radius 3 is 2.58 bits per heavy atom. The highest BCUT2D eigenvalue weighted by Crippen LogP contribution is 2.29. The number of thiophene rings is 1. The molecule has 1 aliphatic rings. The molecule has 0 unspecified atom stereocenters. The summed E-state index contributed by atoms with van der Waals surface area (Å²) in [6.07, 6.45) is 0. The van der Waals surface area contributed by atoms with Crippen LogP contribution in [0.3, 0.4) is 0 Å². The minimum Gasteiger partial charge on any atom is -0.393 e. The number of nitrogen functional groups attached to an aromatic ring is 1. The Balaban J connectivity index is 1.36. The van der Waals surface area contributed by atoms with E-state index in [0.29, 0.717) is 26.2 Å². The lowest BCUT2D eigenvalue weighted by molar-refractivity contribution is -0.383. The molecule has 2 aromatic carbocycles. The van der Waals surface area contributed by atoms with Crippen LogP contribution >= 0.6 is 11.3 Å². The highest BCUT2D eigenvalue weighted by atomic mass is 32.1. The first-order chi connectivity index (χ1) is 14.9. The van der Waals surface area contributed by atoms with Gasteiger partial charge in [-0.1, -0.05) is 12.1 Å². The van der Waals surface area contributed by atoms with Crippen LogP contribution in [0.5, 0.6) is 0 Å². The number of hydrogen-bond donors (Lipinski definition) is 1. The Bertz CT molecular complexity index is 1130. The van der Waals surface area contributed by atoms with Gasteiger partial charge in [0, 0.05) is 54.1 Å². The molecule has 1 saturated heterocycles. The summed E-state index contributed by atoms with van der Waals surface area (Å²) in [6, 6.07) is 14.8. The topological polar surface area (TPSA) is 92.7 Å². The Kier molecular flexibility index (Phi) is 5.97. The van der Waals surface area contributed by atoms with E-state index in [0.717, 1.165) is 17.0 Å². The normalized spacial score (nSPS) is 14.5. The van der Waals surface area contributed by atoms with Crippen molar-refractivity contribution in [3.8, 4) is 10.4 Å². The van der Waals surface area contributed by atoms with Crippen molar-refractivity contribution in [1.29, 1.82) is 0 Å². The molecule has 9 heteroatoms. The number of anilines is 1. The molecule has 0 bridgehead atoms. The number of carbonyl (C=O) groups is 1. The van der Waals surface area contributed by atoms with Crippen LogP contribution in [0.2, 0.25) is 0 Å². The fraction of sp³-hybridized carbons (Fsp3) is 0.227. The number of carbonyl (C=O) groups excluding carboxylic acids is 1. The van der Waals surface area contributed by atoms with Gasteiger partial charge in [0.2, 0.25) is 0 Å². The fourth-order valence-corrected chi connectivity index (χ4v) is 4.65. The van der Waals surface area contributed by atoms with Gasteiger partial charge < -0.3 is 10.6 Å². The number of amides is 1. The molecule has 7 nitrogen and oxygen atoms in total. The van der Waals surface area contributed by atoms with E-state index in [-0.39, 0.29) is 28.7 Å². The maximum atomic E-state index is 13.5. The summed E-state index contributed by atoms with van der Waals surface area (Å²) in [4.78, 5) is 29.4. The molecule has 1 aromatic heterocycles. The third-order valence-electron chi connectivity index (χ3n) is 5.28. The van der Waals surface area contributed by atoms with Crippen LogP contribution in [0, 0.1) is 15.9 Å². The van der Waals surface area contributed by atoms with E-state index in [1.807, 2.05) is 12.1 Å². The summed E-state index contributed by atoms with van der Waals surface area (Å²) in [5, 5.41) is 11.1. The van der Waals surface area contributed by atoms with E-state index in [1.54, 1.807) is 22.3 Å². The molecule has 1 fully saturated rings. The molecule has 2 heterocycles. The summed E-state index contributed by atoms with van der Waals surface area (Å²) in [6.45, 7) is 3.25. The second-order valence-electron chi connectivity index (χ2n) is 7.38. The molecule has 0 radical (unpaired) electrons. The van der Waals surface area contributed by atoms with Crippen molar-refractivity contribution in [1.82, 2.24) is 9.80 Å². The largest absolute Gasteiger partial charge is 0.393 e. The zero-order chi connectivity index (χ0) is 22.0. The first kappa shape index (κ1) is 21.0. The molecule has 1 aliphatic heterocycles. The Morgan fingerprint density at radius 2 is 1.87 bits per heavy atom. The van der Waals surface area contributed by atoms with Crippen molar-refractivity contribution < 1.29 is 14.1 Å². The van der Waals surface area contributed by atoms with Crippen molar-refractivity contribution in [2.24, 2.45) is 0 Å². The smallest absolute Gasteiger partial charge is 0.292 e.